The van der Waals surface area contributed by atoms with Gasteiger partial charge in [0.05, 0.1) is 23.2 Å². The number of hydrogen-bond donors (Lipinski definition) is 4. The van der Waals surface area contributed by atoms with Crippen molar-refractivity contribution in [2.24, 2.45) is 0 Å². The molecule has 0 fully saturated rings. The Balaban J connectivity index is 1.94. The van der Waals surface area contributed by atoms with Crippen molar-refractivity contribution in [3.63, 3.8) is 0 Å². The first-order chi connectivity index (χ1) is 19.1. The van der Waals surface area contributed by atoms with Crippen molar-refractivity contribution < 1.29 is 42.1 Å². The number of anilines is 1. The Labute approximate surface area is 238 Å². The molecule has 12 heteroatoms. The monoisotopic (exact) mass is 591 g/mol. The number of nitrogens with one attached hydrogen (secondary N) is 1. The van der Waals surface area contributed by atoms with Crippen molar-refractivity contribution in [2.75, 3.05) is 17.6 Å². The van der Waals surface area contributed by atoms with Crippen molar-refractivity contribution in [3.05, 3.63) is 78.5 Å². The zero-order chi connectivity index (χ0) is 29.0. The normalized spacial score (nSPS) is 17.2. The van der Waals surface area contributed by atoms with Crippen LogP contribution in [0.15, 0.2) is 77.9 Å². The van der Waals surface area contributed by atoms with Gasteiger partial charge in [0.2, 0.25) is 5.69 Å². The number of carboxylic acid groups (broad SMARTS) is 1. The van der Waals surface area contributed by atoms with Crippen LogP contribution in [0, 0.1) is 0 Å². The van der Waals surface area contributed by atoms with Gasteiger partial charge in [-0.3, -0.25) is 9.35 Å². The van der Waals surface area contributed by atoms with Crippen LogP contribution in [0.1, 0.15) is 51.0 Å². The molecule has 10 nitrogen and oxygen atoms in total. The molecule has 1 atom stereocenters. The number of benzene rings is 2. The molecule has 1 heterocycles. The molecule has 2 aromatic carbocycles. The van der Waals surface area contributed by atoms with Crippen molar-refractivity contribution in [2.45, 2.75) is 55.8 Å². The lowest BCUT2D eigenvalue weighted by molar-refractivity contribution is -0.437. The van der Waals surface area contributed by atoms with Crippen molar-refractivity contribution in [1.82, 2.24) is 0 Å². The molecule has 0 aromatic heterocycles. The molecule has 0 radical (unpaired) electrons. The summed E-state index contributed by atoms with van der Waals surface area (Å²) in [4.78, 5) is 11.7. The second-order valence-corrected chi connectivity index (χ2v) is 11.9. The smallest absolute Gasteiger partial charge is 0.303 e. The lowest BCUT2D eigenvalue weighted by Gasteiger charge is -2.23. The van der Waals surface area contributed by atoms with Crippen LogP contribution in [-0.4, -0.2) is 51.9 Å². The number of unbranched alkanes of at least 4 members (excludes halogenated alkanes) is 2. The molecule has 0 bridgehead atoms. The van der Waals surface area contributed by atoms with Crippen LogP contribution in [0.25, 0.3) is 0 Å². The molecule has 0 aliphatic carbocycles. The molecule has 1 unspecified atom stereocenters. The number of nitrogens with zero attached hydrogens (tertiary/aromatic N) is 1. The third-order valence-corrected chi connectivity index (χ3v) is 8.09. The Kier molecular flexibility index (Phi) is 11.9. The lowest BCUT2D eigenvalue weighted by atomic mass is 9.75. The number of allylic oxidation sites excluding steroid dienone is 3. The van der Waals surface area contributed by atoms with Gasteiger partial charge in [-0.15, -0.1) is 4.33 Å². The van der Waals surface area contributed by atoms with E-state index in [1.54, 1.807) is 0 Å². The van der Waals surface area contributed by atoms with Gasteiger partial charge >= 0.3 is 5.97 Å². The molecule has 0 amide bonds. The summed E-state index contributed by atoms with van der Waals surface area (Å²) in [6.07, 6.45) is 10.7. The summed E-state index contributed by atoms with van der Waals surface area (Å²) in [6, 6.07) is 15.4. The summed E-state index contributed by atoms with van der Waals surface area (Å²) in [5, 5.41) is 24.6. The third kappa shape index (κ3) is 9.29. The molecule has 4 N–H and O–H groups in total. The van der Waals surface area contributed by atoms with Gasteiger partial charge in [-0.2, -0.15) is 13.0 Å². The van der Waals surface area contributed by atoms with Gasteiger partial charge in [-0.1, -0.05) is 42.2 Å². The van der Waals surface area contributed by atoms with Crippen LogP contribution in [-0.2, 0) is 29.7 Å². The summed E-state index contributed by atoms with van der Waals surface area (Å²) < 4.78 is 38.9. The maximum absolute atomic E-state index is 11.4. The molecule has 0 saturated carbocycles. The quantitative estimate of drug-likeness (QED) is 0.0330. The third-order valence-electron chi connectivity index (χ3n) is 6.71. The minimum Gasteiger partial charge on any atom is -0.481 e. The van der Waals surface area contributed by atoms with E-state index in [0.717, 1.165) is 47.5 Å². The number of para-hydroxylation sites is 1. The predicted molar refractivity (Wildman–Crippen MR) is 154 cm³/mol. The van der Waals surface area contributed by atoms with E-state index in [1.807, 2.05) is 73.0 Å². The Morgan fingerprint density at radius 1 is 1.10 bits per heavy atom. The summed E-state index contributed by atoms with van der Waals surface area (Å²) in [5.74, 6) is -1.18. The highest BCUT2D eigenvalue weighted by Crippen LogP contribution is 2.45. The van der Waals surface area contributed by atoms with Crippen molar-refractivity contribution in [1.29, 1.82) is 0 Å². The first-order valence-corrected chi connectivity index (χ1v) is 15.2. The summed E-state index contributed by atoms with van der Waals surface area (Å²) >= 11 is 0.853. The molecule has 0 spiro atoms. The lowest BCUT2D eigenvalue weighted by Crippen LogP contribution is -2.31. The van der Waals surface area contributed by atoms with E-state index in [-0.39, 0.29) is 18.6 Å². The van der Waals surface area contributed by atoms with E-state index in [0.29, 0.717) is 24.3 Å². The number of aliphatic carboxylic acids is 1. The van der Waals surface area contributed by atoms with Crippen molar-refractivity contribution >= 4 is 45.2 Å². The standard InChI is InChI=1S/C28H34N2O8S2/c1-28(17-8-3-6-14-27(31)32)24-21-23(39-38-37-33)15-16-25(24)30(19-10-20-40(34,35)36)26(28)13-7-9-18-29-22-11-4-2-5-12-22/h2,4-5,7,9,11-13,15-16,18,21H,3,6,8,10,14,17,19-20H2,1H3,(H3,31,32,33,34,35,36)/p+1. The zero-order valence-electron chi connectivity index (χ0n) is 22.2. The average Bonchev–Trinajstić information content (AvgIpc) is 3.13. The molecule has 3 rings (SSSR count). The van der Waals surface area contributed by atoms with Crippen molar-refractivity contribution in [3.8, 4) is 0 Å². The zero-order valence-corrected chi connectivity index (χ0v) is 23.9. The second kappa shape index (κ2) is 15.1. The van der Waals surface area contributed by atoms with Gasteiger partial charge in [-0.25, -0.2) is 5.26 Å². The first-order valence-electron chi connectivity index (χ1n) is 12.9. The minimum atomic E-state index is -4.11. The maximum atomic E-state index is 11.4. The van der Waals surface area contributed by atoms with E-state index < -0.39 is 21.5 Å². The van der Waals surface area contributed by atoms with Gasteiger partial charge in [0.1, 0.15) is 6.54 Å². The first kappa shape index (κ1) is 31.5. The number of carbonyl (C=O) groups is 1. The molecule has 0 saturated heterocycles. The van der Waals surface area contributed by atoms with E-state index in [4.69, 9.17) is 10.4 Å². The fourth-order valence-electron chi connectivity index (χ4n) is 4.86. The maximum Gasteiger partial charge on any atom is 0.303 e. The number of rotatable bonds is 17. The Morgan fingerprint density at radius 3 is 2.58 bits per heavy atom. The van der Waals surface area contributed by atoms with Crippen LogP contribution in [0.5, 0.6) is 0 Å². The van der Waals surface area contributed by atoms with Crippen LogP contribution in [0.4, 0.5) is 11.4 Å². The topological polar surface area (TPSA) is 145 Å². The van der Waals surface area contributed by atoms with Gasteiger partial charge < -0.3 is 10.4 Å². The molecule has 40 heavy (non-hydrogen) atoms. The second-order valence-electron chi connectivity index (χ2n) is 9.60. The highest BCUT2D eigenvalue weighted by molar-refractivity contribution is 7.94. The van der Waals surface area contributed by atoms with E-state index in [1.165, 1.54) is 0 Å². The average molecular weight is 592 g/mol. The molecule has 1 aliphatic rings. The Hall–Kier alpha value is -3.00. The summed E-state index contributed by atoms with van der Waals surface area (Å²) in [5.41, 5.74) is 3.27. The van der Waals surface area contributed by atoms with Gasteiger partial charge in [0.15, 0.2) is 5.71 Å². The van der Waals surface area contributed by atoms with Gasteiger partial charge in [0, 0.05) is 47.3 Å². The number of fused-ring (bicyclic) bond motifs is 1. The van der Waals surface area contributed by atoms with Crippen LogP contribution < -0.4 is 5.32 Å². The fourth-order valence-corrected chi connectivity index (χ4v) is 5.75. The Bertz CT molecular complexity index is 1340. The SMILES string of the molecule is CC1(CCCCCC(=O)O)C(/C=C/C=C/Nc2ccccc2)=[N+](CCCS(=O)(=O)O)c2ccc(SOOO)cc21. The van der Waals surface area contributed by atoms with E-state index in [2.05, 4.69) is 26.2 Å². The number of carboxylic acids is 1. The predicted octanol–water partition coefficient (Wildman–Crippen LogP) is 5.97. The molecular formula is C28H35N2O8S2+. The van der Waals surface area contributed by atoms with Gasteiger partial charge in [-0.05, 0) is 50.1 Å². The van der Waals surface area contributed by atoms with E-state index in [9.17, 15) is 17.8 Å². The fraction of sp³-hybridized carbons (Fsp3) is 0.357. The largest absolute Gasteiger partial charge is 0.481 e. The molecule has 1 aliphatic heterocycles. The molecular weight excluding hydrogens is 556 g/mol. The highest BCUT2D eigenvalue weighted by atomic mass is 32.2. The Morgan fingerprint density at radius 2 is 1.88 bits per heavy atom. The van der Waals surface area contributed by atoms with Crippen LogP contribution >= 0.6 is 12.0 Å². The number of hydrogen-bond acceptors (Lipinski definition) is 8. The molecule has 216 valence electrons. The summed E-state index contributed by atoms with van der Waals surface area (Å²) in [6.45, 7) is 2.46. The van der Waals surface area contributed by atoms with Gasteiger partial charge in [0.25, 0.3) is 10.1 Å². The minimum absolute atomic E-state index is 0.115. The van der Waals surface area contributed by atoms with Crippen LogP contribution in [0.3, 0.4) is 0 Å². The summed E-state index contributed by atoms with van der Waals surface area (Å²) in [7, 11) is -4.11. The highest BCUT2D eigenvalue weighted by Gasteiger charge is 2.47. The van der Waals surface area contributed by atoms with Crippen LogP contribution in [0.2, 0.25) is 0 Å². The molecule has 2 aromatic rings. The van der Waals surface area contributed by atoms with E-state index >= 15 is 0 Å².